The topological polar surface area (TPSA) is 76.1 Å². The average molecular weight is 252 g/mol. The van der Waals surface area contributed by atoms with Crippen LogP contribution in [-0.2, 0) is 4.74 Å². The Bertz CT molecular complexity index is 384. The molecule has 1 heterocycles. The van der Waals surface area contributed by atoms with Crippen LogP contribution in [-0.4, -0.2) is 41.9 Å². The summed E-state index contributed by atoms with van der Waals surface area (Å²) in [6, 6.07) is 3.36. The zero-order chi connectivity index (χ0) is 13.6. The minimum atomic E-state index is -0.284. The molecule has 0 saturated heterocycles. The SMILES string of the molecule is COCCNc1ccc(C(=O)NC(C)(C)C)nn1. The maximum atomic E-state index is 11.8. The molecule has 2 N–H and O–H groups in total. The van der Waals surface area contributed by atoms with Crippen LogP contribution in [0.3, 0.4) is 0 Å². The summed E-state index contributed by atoms with van der Waals surface area (Å²) in [7, 11) is 1.63. The zero-order valence-corrected chi connectivity index (χ0v) is 11.3. The van der Waals surface area contributed by atoms with Crippen molar-refractivity contribution >= 4 is 11.7 Å². The molecule has 1 aromatic heterocycles. The van der Waals surface area contributed by atoms with Gasteiger partial charge >= 0.3 is 0 Å². The Hall–Kier alpha value is -1.69. The van der Waals surface area contributed by atoms with Gasteiger partial charge in [-0.25, -0.2) is 0 Å². The number of anilines is 1. The summed E-state index contributed by atoms with van der Waals surface area (Å²) in [5.74, 6) is 0.401. The van der Waals surface area contributed by atoms with Crippen LogP contribution < -0.4 is 10.6 Å². The quantitative estimate of drug-likeness (QED) is 0.766. The average Bonchev–Trinajstić information content (AvgIpc) is 2.28. The second kappa shape index (κ2) is 6.30. The molecular formula is C12H20N4O2. The van der Waals surface area contributed by atoms with Gasteiger partial charge in [-0.3, -0.25) is 4.79 Å². The first kappa shape index (κ1) is 14.4. The lowest BCUT2D eigenvalue weighted by molar-refractivity contribution is 0.0913. The van der Waals surface area contributed by atoms with Gasteiger partial charge in [0.05, 0.1) is 6.61 Å². The van der Waals surface area contributed by atoms with Crippen LogP contribution >= 0.6 is 0 Å². The van der Waals surface area contributed by atoms with Crippen LogP contribution in [0, 0.1) is 0 Å². The first-order valence-corrected chi connectivity index (χ1v) is 5.81. The zero-order valence-electron chi connectivity index (χ0n) is 11.3. The van der Waals surface area contributed by atoms with E-state index in [1.807, 2.05) is 20.8 Å². The van der Waals surface area contributed by atoms with Crippen LogP contribution in [0.2, 0.25) is 0 Å². The third-order valence-electron chi connectivity index (χ3n) is 2.00. The van der Waals surface area contributed by atoms with Gasteiger partial charge in [0.15, 0.2) is 5.69 Å². The number of amides is 1. The normalized spacial score (nSPS) is 11.1. The second-order valence-electron chi connectivity index (χ2n) is 4.93. The number of carbonyl (C=O) groups excluding carboxylic acids is 1. The van der Waals surface area contributed by atoms with Gasteiger partial charge in [-0.15, -0.1) is 10.2 Å². The molecule has 0 saturated carbocycles. The molecular weight excluding hydrogens is 232 g/mol. The van der Waals surface area contributed by atoms with Crippen LogP contribution in [0.1, 0.15) is 31.3 Å². The highest BCUT2D eigenvalue weighted by molar-refractivity contribution is 5.92. The summed E-state index contributed by atoms with van der Waals surface area (Å²) in [4.78, 5) is 11.8. The van der Waals surface area contributed by atoms with Crippen molar-refractivity contribution in [1.29, 1.82) is 0 Å². The third-order valence-corrected chi connectivity index (χ3v) is 2.00. The van der Waals surface area contributed by atoms with Crippen molar-refractivity contribution in [2.75, 3.05) is 25.6 Å². The standard InChI is InChI=1S/C12H20N4O2/c1-12(2,3)14-11(17)9-5-6-10(16-15-9)13-7-8-18-4/h5-6H,7-8H2,1-4H3,(H,13,16)(H,14,17). The van der Waals surface area contributed by atoms with Gasteiger partial charge < -0.3 is 15.4 Å². The molecule has 0 aromatic carbocycles. The lowest BCUT2D eigenvalue weighted by atomic mass is 10.1. The molecule has 0 aliphatic heterocycles. The van der Waals surface area contributed by atoms with Crippen molar-refractivity contribution in [2.45, 2.75) is 26.3 Å². The predicted octanol–water partition coefficient (Wildman–Crippen LogP) is 1.06. The summed E-state index contributed by atoms with van der Waals surface area (Å²) in [5, 5.41) is 13.7. The lowest BCUT2D eigenvalue weighted by Gasteiger charge is -2.19. The smallest absolute Gasteiger partial charge is 0.272 e. The molecule has 1 rings (SSSR count). The Morgan fingerprint density at radius 1 is 1.33 bits per heavy atom. The first-order chi connectivity index (χ1) is 8.42. The van der Waals surface area contributed by atoms with Crippen LogP contribution in [0.5, 0.6) is 0 Å². The van der Waals surface area contributed by atoms with Crippen molar-refractivity contribution in [3.8, 4) is 0 Å². The minimum absolute atomic E-state index is 0.224. The van der Waals surface area contributed by atoms with Crippen molar-refractivity contribution in [1.82, 2.24) is 15.5 Å². The van der Waals surface area contributed by atoms with E-state index in [2.05, 4.69) is 20.8 Å². The number of methoxy groups -OCH3 is 1. The van der Waals surface area contributed by atoms with Gasteiger partial charge in [0.2, 0.25) is 0 Å². The highest BCUT2D eigenvalue weighted by Crippen LogP contribution is 2.04. The molecule has 0 atom stereocenters. The molecule has 6 heteroatoms. The van der Waals surface area contributed by atoms with Gasteiger partial charge in [0.25, 0.3) is 5.91 Å². The van der Waals surface area contributed by atoms with E-state index in [1.165, 1.54) is 0 Å². The highest BCUT2D eigenvalue weighted by atomic mass is 16.5. The number of ether oxygens (including phenoxy) is 1. The lowest BCUT2D eigenvalue weighted by Crippen LogP contribution is -2.41. The number of rotatable bonds is 5. The Morgan fingerprint density at radius 2 is 2.06 bits per heavy atom. The monoisotopic (exact) mass is 252 g/mol. The molecule has 1 amide bonds. The van der Waals surface area contributed by atoms with E-state index < -0.39 is 0 Å². The minimum Gasteiger partial charge on any atom is -0.383 e. The Balaban J connectivity index is 2.57. The Kier molecular flexibility index (Phi) is 5.03. The fourth-order valence-electron chi connectivity index (χ4n) is 1.23. The molecule has 0 aliphatic rings. The summed E-state index contributed by atoms with van der Waals surface area (Å²) < 4.78 is 4.91. The molecule has 1 aromatic rings. The van der Waals surface area contributed by atoms with Gasteiger partial charge in [0, 0.05) is 19.2 Å². The van der Waals surface area contributed by atoms with Crippen LogP contribution in [0.4, 0.5) is 5.82 Å². The number of nitrogens with one attached hydrogen (secondary N) is 2. The summed E-state index contributed by atoms with van der Waals surface area (Å²) >= 11 is 0. The maximum absolute atomic E-state index is 11.8. The van der Waals surface area contributed by atoms with E-state index in [4.69, 9.17) is 4.74 Å². The number of aromatic nitrogens is 2. The molecule has 18 heavy (non-hydrogen) atoms. The largest absolute Gasteiger partial charge is 0.383 e. The van der Waals surface area contributed by atoms with Crippen molar-refractivity contribution in [3.05, 3.63) is 17.8 Å². The molecule has 0 fully saturated rings. The Labute approximate surface area is 107 Å². The van der Waals surface area contributed by atoms with Gasteiger partial charge in [-0.05, 0) is 32.9 Å². The fraction of sp³-hybridized carbons (Fsp3) is 0.583. The van der Waals surface area contributed by atoms with Crippen molar-refractivity contribution in [3.63, 3.8) is 0 Å². The number of carbonyl (C=O) groups is 1. The van der Waals surface area contributed by atoms with E-state index in [-0.39, 0.29) is 11.4 Å². The number of nitrogens with zero attached hydrogens (tertiary/aromatic N) is 2. The maximum Gasteiger partial charge on any atom is 0.272 e. The van der Waals surface area contributed by atoms with Gasteiger partial charge in [-0.1, -0.05) is 0 Å². The van der Waals surface area contributed by atoms with E-state index in [0.29, 0.717) is 24.7 Å². The summed E-state index contributed by atoms with van der Waals surface area (Å²) in [5.41, 5.74) is 0.0240. The van der Waals surface area contributed by atoms with E-state index in [0.717, 1.165) is 0 Å². The molecule has 0 aliphatic carbocycles. The molecule has 0 radical (unpaired) electrons. The first-order valence-electron chi connectivity index (χ1n) is 5.81. The Morgan fingerprint density at radius 3 is 2.56 bits per heavy atom. The van der Waals surface area contributed by atoms with Crippen molar-refractivity contribution < 1.29 is 9.53 Å². The molecule has 0 spiro atoms. The predicted molar refractivity (Wildman–Crippen MR) is 69.6 cm³/mol. The molecule has 0 unspecified atom stereocenters. The van der Waals surface area contributed by atoms with Gasteiger partial charge in [0.1, 0.15) is 5.82 Å². The summed E-state index contributed by atoms with van der Waals surface area (Å²) in [6.45, 7) is 6.99. The molecule has 6 nitrogen and oxygen atoms in total. The van der Waals surface area contributed by atoms with Crippen LogP contribution in [0.15, 0.2) is 12.1 Å². The summed E-state index contributed by atoms with van der Waals surface area (Å²) in [6.07, 6.45) is 0. The van der Waals surface area contributed by atoms with Crippen LogP contribution in [0.25, 0.3) is 0 Å². The number of hydrogen-bond acceptors (Lipinski definition) is 5. The second-order valence-corrected chi connectivity index (χ2v) is 4.93. The molecule has 0 bridgehead atoms. The van der Waals surface area contributed by atoms with E-state index in [9.17, 15) is 4.79 Å². The number of hydrogen-bond donors (Lipinski definition) is 2. The van der Waals surface area contributed by atoms with E-state index in [1.54, 1.807) is 19.2 Å². The third kappa shape index (κ3) is 5.09. The molecule has 100 valence electrons. The van der Waals surface area contributed by atoms with E-state index >= 15 is 0 Å². The van der Waals surface area contributed by atoms with Crippen molar-refractivity contribution in [2.24, 2.45) is 0 Å². The highest BCUT2D eigenvalue weighted by Gasteiger charge is 2.16. The van der Waals surface area contributed by atoms with Gasteiger partial charge in [-0.2, -0.15) is 0 Å². The fourth-order valence-corrected chi connectivity index (χ4v) is 1.23.